The van der Waals surface area contributed by atoms with Crippen LogP contribution in [0, 0.1) is 17.2 Å². The average molecular weight is 469 g/mol. The van der Waals surface area contributed by atoms with E-state index in [2.05, 4.69) is 25.2 Å². The fourth-order valence-electron chi connectivity index (χ4n) is 4.39. The van der Waals surface area contributed by atoms with Crippen LogP contribution in [0.4, 0.5) is 0 Å². The van der Waals surface area contributed by atoms with Gasteiger partial charge >= 0.3 is 0 Å². The summed E-state index contributed by atoms with van der Waals surface area (Å²) in [5.74, 6) is 2.64. The molecule has 2 atom stereocenters. The molecule has 0 fully saturated rings. The van der Waals surface area contributed by atoms with Crippen LogP contribution >= 0.6 is 0 Å². The van der Waals surface area contributed by atoms with Crippen LogP contribution in [0.3, 0.4) is 0 Å². The molecule has 0 spiro atoms. The molecule has 0 unspecified atom stereocenters. The average Bonchev–Trinajstić information content (AvgIpc) is 2.86. The minimum Gasteiger partial charge on any atom is -0.493 e. The fraction of sp³-hybridized carbons (Fsp3) is 0.481. The summed E-state index contributed by atoms with van der Waals surface area (Å²) in [6, 6.07) is 14.0. The number of methoxy groups -OCH3 is 4. The zero-order chi connectivity index (χ0) is 25.1. The van der Waals surface area contributed by atoms with Crippen LogP contribution in [0.1, 0.15) is 44.2 Å². The molecule has 7 heteroatoms. The van der Waals surface area contributed by atoms with Crippen LogP contribution in [-0.4, -0.2) is 40.9 Å². The van der Waals surface area contributed by atoms with Crippen molar-refractivity contribution in [3.05, 3.63) is 47.5 Å². The predicted octanol–water partition coefficient (Wildman–Crippen LogP) is 4.67. The van der Waals surface area contributed by atoms with E-state index in [0.29, 0.717) is 35.8 Å². The number of rotatable bonds is 14. The topological polar surface area (TPSA) is 89.8 Å². The molecule has 0 heterocycles. The normalized spacial score (nSPS) is 13.4. The molecule has 7 nitrogen and oxygen atoms in total. The lowest BCUT2D eigenvalue weighted by molar-refractivity contribution is -0.110. The highest BCUT2D eigenvalue weighted by Crippen LogP contribution is 2.41. The summed E-state index contributed by atoms with van der Waals surface area (Å²) < 4.78 is 21.5. The van der Waals surface area contributed by atoms with Crippen molar-refractivity contribution in [1.29, 1.82) is 5.26 Å². The maximum atomic E-state index is 11.3. The van der Waals surface area contributed by atoms with Crippen LogP contribution in [0.5, 0.6) is 23.0 Å². The summed E-state index contributed by atoms with van der Waals surface area (Å²) >= 11 is 0. The van der Waals surface area contributed by atoms with Gasteiger partial charge in [0.1, 0.15) is 0 Å². The van der Waals surface area contributed by atoms with E-state index in [-0.39, 0.29) is 12.0 Å². The van der Waals surface area contributed by atoms with Crippen LogP contribution < -0.4 is 24.3 Å². The Bertz CT molecular complexity index is 985. The molecule has 0 saturated heterocycles. The second-order valence-electron chi connectivity index (χ2n) is 8.57. The third kappa shape index (κ3) is 6.13. The number of carbonyl (C=O) groups is 1. The Morgan fingerprint density at radius 1 is 0.941 bits per heavy atom. The van der Waals surface area contributed by atoms with Gasteiger partial charge in [0, 0.05) is 6.04 Å². The summed E-state index contributed by atoms with van der Waals surface area (Å²) in [5, 5.41) is 13.2. The maximum Gasteiger partial charge on any atom is 0.207 e. The Morgan fingerprint density at radius 3 is 2.06 bits per heavy atom. The number of carbonyl (C=O) groups excluding carboxylic acids is 1. The minimum atomic E-state index is -0.686. The minimum absolute atomic E-state index is 0.0652. The summed E-state index contributed by atoms with van der Waals surface area (Å²) in [7, 11) is 6.39. The van der Waals surface area contributed by atoms with Crippen molar-refractivity contribution in [3.8, 4) is 29.1 Å². The molecule has 184 valence electrons. The van der Waals surface area contributed by atoms with E-state index >= 15 is 0 Å². The number of nitrogens with one attached hydrogen (secondary N) is 1. The van der Waals surface area contributed by atoms with E-state index in [1.807, 2.05) is 36.4 Å². The Balaban J connectivity index is 2.19. The predicted molar refractivity (Wildman–Crippen MR) is 132 cm³/mol. The lowest BCUT2D eigenvalue weighted by Gasteiger charge is -2.32. The molecule has 1 amide bonds. The van der Waals surface area contributed by atoms with Gasteiger partial charge in [-0.05, 0) is 67.0 Å². The molecule has 0 aliphatic rings. The van der Waals surface area contributed by atoms with Gasteiger partial charge in [-0.3, -0.25) is 4.79 Å². The van der Waals surface area contributed by atoms with Gasteiger partial charge in [-0.15, -0.1) is 0 Å². The van der Waals surface area contributed by atoms with Crippen LogP contribution in [0.15, 0.2) is 36.4 Å². The molecule has 0 radical (unpaired) electrons. The first-order valence-electron chi connectivity index (χ1n) is 11.4. The van der Waals surface area contributed by atoms with E-state index in [1.165, 1.54) is 0 Å². The third-order valence-electron chi connectivity index (χ3n) is 6.44. The summed E-state index contributed by atoms with van der Waals surface area (Å²) in [5.41, 5.74) is 1.25. The van der Waals surface area contributed by atoms with Gasteiger partial charge in [-0.25, -0.2) is 0 Å². The van der Waals surface area contributed by atoms with Gasteiger partial charge in [0.05, 0.1) is 39.9 Å². The molecule has 2 rings (SSSR count). The molecular weight excluding hydrogens is 432 g/mol. The summed E-state index contributed by atoms with van der Waals surface area (Å²) in [6.45, 7) is 4.12. The monoisotopic (exact) mass is 468 g/mol. The standard InChI is InChI=1S/C27H36N2O5/c1-19(2)27(17-28,21-10-12-24(32-4)26(16-21)34-6)13-7-8-22(29-18-30)14-20-9-11-23(31-3)25(15-20)33-5/h9-12,15-16,18-19,22H,7-8,13-14H2,1-6H3,(H,29,30)/t22-,27-/m1/s1. The molecule has 0 bridgehead atoms. The third-order valence-corrected chi connectivity index (χ3v) is 6.44. The highest BCUT2D eigenvalue weighted by molar-refractivity contribution is 5.48. The molecule has 0 aliphatic heterocycles. The van der Waals surface area contributed by atoms with Gasteiger partial charge in [0.15, 0.2) is 23.0 Å². The SMILES string of the molecule is COc1ccc(C[C@@H](CCC[C@](C#N)(c2ccc(OC)c(OC)c2)C(C)C)NC=O)cc1OC. The summed E-state index contributed by atoms with van der Waals surface area (Å²) in [4.78, 5) is 11.3. The van der Waals surface area contributed by atoms with Crippen LogP contribution in [-0.2, 0) is 16.6 Å². The molecule has 1 N–H and O–H groups in total. The van der Waals surface area contributed by atoms with Gasteiger partial charge in [-0.2, -0.15) is 5.26 Å². The summed E-state index contributed by atoms with van der Waals surface area (Å²) in [6.07, 6.45) is 3.53. The van der Waals surface area contributed by atoms with Crippen molar-refractivity contribution in [1.82, 2.24) is 5.32 Å². The fourth-order valence-corrected chi connectivity index (χ4v) is 4.39. The number of hydrogen-bond acceptors (Lipinski definition) is 6. The molecule has 0 aliphatic carbocycles. The number of hydrogen-bond donors (Lipinski definition) is 1. The van der Waals surface area contributed by atoms with Gasteiger partial charge in [0.2, 0.25) is 6.41 Å². The number of amides is 1. The molecule has 2 aromatic carbocycles. The first-order valence-corrected chi connectivity index (χ1v) is 11.4. The second kappa shape index (κ2) is 12.7. The maximum absolute atomic E-state index is 11.3. The number of benzene rings is 2. The van der Waals surface area contributed by atoms with Crippen molar-refractivity contribution < 1.29 is 23.7 Å². The Labute approximate surface area is 203 Å². The van der Waals surface area contributed by atoms with Crippen LogP contribution in [0.25, 0.3) is 0 Å². The van der Waals surface area contributed by atoms with Gasteiger partial charge in [0.25, 0.3) is 0 Å². The van der Waals surface area contributed by atoms with E-state index in [0.717, 1.165) is 30.4 Å². The van der Waals surface area contributed by atoms with Crippen molar-refractivity contribution in [2.75, 3.05) is 28.4 Å². The van der Waals surface area contributed by atoms with Gasteiger partial charge in [-0.1, -0.05) is 26.0 Å². The zero-order valence-electron chi connectivity index (χ0n) is 21.0. The lowest BCUT2D eigenvalue weighted by atomic mass is 9.69. The Morgan fingerprint density at radius 2 is 1.53 bits per heavy atom. The Hall–Kier alpha value is -3.40. The number of nitriles is 1. The lowest BCUT2D eigenvalue weighted by Crippen LogP contribution is -2.33. The first kappa shape index (κ1) is 26.8. The molecule has 0 saturated carbocycles. The van der Waals surface area contributed by atoms with Crippen molar-refractivity contribution in [2.24, 2.45) is 5.92 Å². The highest BCUT2D eigenvalue weighted by Gasteiger charge is 2.36. The molecule has 34 heavy (non-hydrogen) atoms. The van der Waals surface area contributed by atoms with Crippen molar-refractivity contribution in [3.63, 3.8) is 0 Å². The molecule has 0 aromatic heterocycles. The molecule has 2 aromatic rings. The Kier molecular flexibility index (Phi) is 10.1. The highest BCUT2D eigenvalue weighted by atomic mass is 16.5. The van der Waals surface area contributed by atoms with Crippen LogP contribution in [0.2, 0.25) is 0 Å². The smallest absolute Gasteiger partial charge is 0.207 e. The van der Waals surface area contributed by atoms with E-state index in [9.17, 15) is 10.1 Å². The first-order chi connectivity index (χ1) is 16.4. The van der Waals surface area contributed by atoms with Crippen molar-refractivity contribution in [2.45, 2.75) is 51.0 Å². The number of nitrogens with zero attached hydrogens (tertiary/aromatic N) is 1. The number of ether oxygens (including phenoxy) is 4. The quantitative estimate of drug-likeness (QED) is 0.406. The van der Waals surface area contributed by atoms with Crippen molar-refractivity contribution >= 4 is 6.41 Å². The van der Waals surface area contributed by atoms with E-state index in [1.54, 1.807) is 28.4 Å². The van der Waals surface area contributed by atoms with Gasteiger partial charge < -0.3 is 24.3 Å². The second-order valence-corrected chi connectivity index (χ2v) is 8.57. The zero-order valence-corrected chi connectivity index (χ0v) is 21.0. The molecular formula is C27H36N2O5. The van der Waals surface area contributed by atoms with E-state index in [4.69, 9.17) is 18.9 Å². The van der Waals surface area contributed by atoms with E-state index < -0.39 is 5.41 Å². The largest absolute Gasteiger partial charge is 0.493 e.